The largest absolute Gasteiger partial charge is 0.493 e. The molecule has 1 heterocycles. The van der Waals surface area contributed by atoms with Gasteiger partial charge in [0.05, 0.1) is 14.2 Å². The van der Waals surface area contributed by atoms with E-state index in [-0.39, 0.29) is 18.3 Å². The Bertz CT molecular complexity index is 406. The molecule has 0 saturated carbocycles. The first kappa shape index (κ1) is 12.6. The molecule has 4 nitrogen and oxygen atoms in total. The molecular formula is C11H14ClNO3. The summed E-state index contributed by atoms with van der Waals surface area (Å²) < 4.78 is 10.3. The molecule has 0 aromatic heterocycles. The smallest absolute Gasteiger partial charge is 0.251 e. The summed E-state index contributed by atoms with van der Waals surface area (Å²) in [6, 6.07) is 3.59. The van der Waals surface area contributed by atoms with E-state index in [4.69, 9.17) is 9.47 Å². The number of fused-ring (bicyclic) bond motifs is 1. The zero-order chi connectivity index (χ0) is 10.8. The molecule has 1 aromatic carbocycles. The van der Waals surface area contributed by atoms with Gasteiger partial charge in [-0.2, -0.15) is 0 Å². The maximum atomic E-state index is 11.5. The molecule has 0 spiro atoms. The Balaban J connectivity index is 0.00000128. The fourth-order valence-electron chi connectivity index (χ4n) is 1.75. The highest BCUT2D eigenvalue weighted by Crippen LogP contribution is 2.31. The number of halogens is 1. The molecule has 1 aromatic rings. The topological polar surface area (TPSA) is 47.6 Å². The molecule has 0 fully saturated rings. The minimum atomic E-state index is -0.0443. The van der Waals surface area contributed by atoms with Gasteiger partial charge in [0.25, 0.3) is 5.91 Å². The SMILES string of the molecule is COc1cc2c(cc1OC)C(=O)NCC2.Cl. The van der Waals surface area contributed by atoms with Crippen molar-refractivity contribution in [2.45, 2.75) is 6.42 Å². The Labute approximate surface area is 100 Å². The molecule has 88 valence electrons. The van der Waals surface area contributed by atoms with Gasteiger partial charge in [0.15, 0.2) is 11.5 Å². The second-order valence-electron chi connectivity index (χ2n) is 3.37. The van der Waals surface area contributed by atoms with Crippen LogP contribution in [0.5, 0.6) is 11.5 Å². The van der Waals surface area contributed by atoms with Crippen LogP contribution < -0.4 is 14.8 Å². The molecule has 5 heteroatoms. The summed E-state index contributed by atoms with van der Waals surface area (Å²) in [5.74, 6) is 1.22. The number of hydrogen-bond acceptors (Lipinski definition) is 3. The highest BCUT2D eigenvalue weighted by atomic mass is 35.5. The first-order chi connectivity index (χ1) is 7.26. The molecule has 1 N–H and O–H groups in total. The predicted octanol–water partition coefficient (Wildman–Crippen LogP) is 1.41. The third-order valence-corrected chi connectivity index (χ3v) is 2.53. The van der Waals surface area contributed by atoms with Crippen molar-refractivity contribution in [3.05, 3.63) is 23.3 Å². The minimum absolute atomic E-state index is 0. The van der Waals surface area contributed by atoms with Gasteiger partial charge in [0.2, 0.25) is 0 Å². The summed E-state index contributed by atoms with van der Waals surface area (Å²) in [5.41, 5.74) is 1.69. The van der Waals surface area contributed by atoms with Gasteiger partial charge < -0.3 is 14.8 Å². The van der Waals surface area contributed by atoms with E-state index in [1.165, 1.54) is 0 Å². The van der Waals surface area contributed by atoms with Crippen LogP contribution in [0.25, 0.3) is 0 Å². The van der Waals surface area contributed by atoms with Crippen LogP contribution in [0.1, 0.15) is 15.9 Å². The van der Waals surface area contributed by atoms with E-state index in [0.29, 0.717) is 23.6 Å². The number of carbonyl (C=O) groups excluding carboxylic acids is 1. The molecule has 1 aliphatic heterocycles. The van der Waals surface area contributed by atoms with E-state index in [1.54, 1.807) is 20.3 Å². The fourth-order valence-corrected chi connectivity index (χ4v) is 1.75. The van der Waals surface area contributed by atoms with Gasteiger partial charge in [0, 0.05) is 12.1 Å². The molecule has 1 aliphatic rings. The van der Waals surface area contributed by atoms with E-state index in [1.807, 2.05) is 6.07 Å². The Hall–Kier alpha value is -1.42. The van der Waals surface area contributed by atoms with Crippen molar-refractivity contribution >= 4 is 18.3 Å². The van der Waals surface area contributed by atoms with Crippen LogP contribution >= 0.6 is 12.4 Å². The quantitative estimate of drug-likeness (QED) is 0.855. The normalized spacial score (nSPS) is 13.2. The Morgan fingerprint density at radius 2 is 1.81 bits per heavy atom. The Kier molecular flexibility index (Phi) is 4.01. The molecule has 0 bridgehead atoms. The lowest BCUT2D eigenvalue weighted by atomic mass is 9.99. The molecule has 0 unspecified atom stereocenters. The van der Waals surface area contributed by atoms with E-state index < -0.39 is 0 Å². The van der Waals surface area contributed by atoms with Gasteiger partial charge in [-0.1, -0.05) is 0 Å². The molecule has 0 atom stereocenters. The lowest BCUT2D eigenvalue weighted by Gasteiger charge is -2.18. The molecular weight excluding hydrogens is 230 g/mol. The minimum Gasteiger partial charge on any atom is -0.493 e. The Morgan fingerprint density at radius 3 is 2.44 bits per heavy atom. The van der Waals surface area contributed by atoms with Crippen molar-refractivity contribution in [1.82, 2.24) is 5.32 Å². The maximum Gasteiger partial charge on any atom is 0.251 e. The van der Waals surface area contributed by atoms with Crippen LogP contribution in [0, 0.1) is 0 Å². The predicted molar refractivity (Wildman–Crippen MR) is 62.8 cm³/mol. The van der Waals surface area contributed by atoms with Crippen molar-refractivity contribution in [1.29, 1.82) is 0 Å². The van der Waals surface area contributed by atoms with E-state index >= 15 is 0 Å². The van der Waals surface area contributed by atoms with Crippen LogP contribution in [0.15, 0.2) is 12.1 Å². The van der Waals surface area contributed by atoms with Crippen LogP contribution in [0.2, 0.25) is 0 Å². The first-order valence-corrected chi connectivity index (χ1v) is 4.79. The summed E-state index contributed by atoms with van der Waals surface area (Å²) >= 11 is 0. The van der Waals surface area contributed by atoms with Gasteiger partial charge >= 0.3 is 0 Å². The number of benzene rings is 1. The van der Waals surface area contributed by atoms with E-state index in [2.05, 4.69) is 5.32 Å². The second-order valence-corrected chi connectivity index (χ2v) is 3.37. The third-order valence-electron chi connectivity index (χ3n) is 2.53. The highest BCUT2D eigenvalue weighted by Gasteiger charge is 2.19. The molecule has 16 heavy (non-hydrogen) atoms. The molecule has 2 rings (SSSR count). The lowest BCUT2D eigenvalue weighted by Crippen LogP contribution is -2.31. The number of nitrogens with one attached hydrogen (secondary N) is 1. The zero-order valence-corrected chi connectivity index (χ0v) is 10.0. The van der Waals surface area contributed by atoms with Gasteiger partial charge in [-0.3, -0.25) is 4.79 Å². The Morgan fingerprint density at radius 1 is 1.19 bits per heavy atom. The zero-order valence-electron chi connectivity index (χ0n) is 9.20. The molecule has 0 saturated heterocycles. The van der Waals surface area contributed by atoms with Gasteiger partial charge in [-0.05, 0) is 24.1 Å². The summed E-state index contributed by atoms with van der Waals surface area (Å²) in [5, 5.41) is 2.79. The standard InChI is InChI=1S/C11H13NO3.ClH/c1-14-9-5-7-3-4-12-11(13)8(7)6-10(9)15-2;/h5-6H,3-4H2,1-2H3,(H,12,13);1H. The van der Waals surface area contributed by atoms with Crippen molar-refractivity contribution in [2.24, 2.45) is 0 Å². The number of carbonyl (C=O) groups is 1. The number of hydrogen-bond donors (Lipinski definition) is 1. The summed E-state index contributed by atoms with van der Waals surface area (Å²) in [6.07, 6.45) is 0.835. The summed E-state index contributed by atoms with van der Waals surface area (Å²) in [4.78, 5) is 11.5. The number of methoxy groups -OCH3 is 2. The van der Waals surface area contributed by atoms with E-state index in [0.717, 1.165) is 12.0 Å². The average Bonchev–Trinajstić information content (AvgIpc) is 2.28. The molecule has 0 aliphatic carbocycles. The average molecular weight is 244 g/mol. The third kappa shape index (κ3) is 2.07. The van der Waals surface area contributed by atoms with Crippen molar-refractivity contribution in [2.75, 3.05) is 20.8 Å². The summed E-state index contributed by atoms with van der Waals surface area (Å²) in [7, 11) is 3.15. The maximum absolute atomic E-state index is 11.5. The van der Waals surface area contributed by atoms with Crippen LogP contribution in [0.3, 0.4) is 0 Å². The molecule has 1 amide bonds. The first-order valence-electron chi connectivity index (χ1n) is 4.79. The van der Waals surface area contributed by atoms with Crippen molar-refractivity contribution in [3.8, 4) is 11.5 Å². The van der Waals surface area contributed by atoms with Crippen LogP contribution in [-0.4, -0.2) is 26.7 Å². The highest BCUT2D eigenvalue weighted by molar-refractivity contribution is 5.97. The van der Waals surface area contributed by atoms with Gasteiger partial charge in [-0.15, -0.1) is 12.4 Å². The summed E-state index contributed by atoms with van der Waals surface area (Å²) in [6.45, 7) is 0.682. The van der Waals surface area contributed by atoms with Crippen molar-refractivity contribution < 1.29 is 14.3 Å². The van der Waals surface area contributed by atoms with Crippen LogP contribution in [-0.2, 0) is 6.42 Å². The second kappa shape index (κ2) is 5.07. The van der Waals surface area contributed by atoms with Crippen LogP contribution in [0.4, 0.5) is 0 Å². The lowest BCUT2D eigenvalue weighted by molar-refractivity contribution is 0.0945. The van der Waals surface area contributed by atoms with E-state index in [9.17, 15) is 4.79 Å². The van der Waals surface area contributed by atoms with Gasteiger partial charge in [0.1, 0.15) is 0 Å². The fraction of sp³-hybridized carbons (Fsp3) is 0.364. The number of rotatable bonds is 2. The number of amides is 1. The molecule has 0 radical (unpaired) electrons. The van der Waals surface area contributed by atoms with Gasteiger partial charge in [-0.25, -0.2) is 0 Å². The van der Waals surface area contributed by atoms with Crippen molar-refractivity contribution in [3.63, 3.8) is 0 Å². The number of ether oxygens (including phenoxy) is 2. The monoisotopic (exact) mass is 243 g/mol.